The molecule has 0 atom stereocenters. The third-order valence-electron chi connectivity index (χ3n) is 11.5. The van der Waals surface area contributed by atoms with E-state index in [0.717, 1.165) is 44.0 Å². The van der Waals surface area contributed by atoms with Gasteiger partial charge in [0.1, 0.15) is 11.2 Å². The minimum atomic E-state index is 0.905. The number of nitrogens with zero attached hydrogens (tertiary/aromatic N) is 2. The third kappa shape index (κ3) is 4.50. The van der Waals surface area contributed by atoms with E-state index in [1.165, 1.54) is 65.9 Å². The van der Waals surface area contributed by atoms with Crippen LogP contribution in [-0.4, -0.2) is 9.13 Å². The van der Waals surface area contributed by atoms with Crippen molar-refractivity contribution in [2.24, 2.45) is 0 Å². The Kier molecular flexibility index (Phi) is 6.34. The minimum absolute atomic E-state index is 0.905. The largest absolute Gasteiger partial charge is 0.455 e. The Balaban J connectivity index is 1.08. The molecule has 12 rings (SSSR count). The molecule has 256 valence electrons. The van der Waals surface area contributed by atoms with E-state index in [9.17, 15) is 0 Å². The van der Waals surface area contributed by atoms with Crippen LogP contribution in [0.25, 0.3) is 110 Å². The molecule has 0 spiro atoms. The summed E-state index contributed by atoms with van der Waals surface area (Å²) in [5, 5.41) is 9.53. The van der Waals surface area contributed by atoms with Gasteiger partial charge in [0.15, 0.2) is 0 Å². The molecule has 3 nitrogen and oxygen atoms in total. The monoisotopic (exact) mass is 700 g/mol. The molecule has 0 aliphatic rings. The van der Waals surface area contributed by atoms with Gasteiger partial charge >= 0.3 is 0 Å². The van der Waals surface area contributed by atoms with Crippen LogP contribution in [0.2, 0.25) is 0 Å². The molecule has 0 saturated heterocycles. The lowest BCUT2D eigenvalue weighted by atomic mass is 10.00. The van der Waals surface area contributed by atoms with Crippen LogP contribution in [0.3, 0.4) is 0 Å². The van der Waals surface area contributed by atoms with Gasteiger partial charge in [-0.1, -0.05) is 121 Å². The Morgan fingerprint density at radius 3 is 1.73 bits per heavy atom. The Bertz CT molecular complexity index is 3470. The highest BCUT2D eigenvalue weighted by atomic mass is 16.3. The van der Waals surface area contributed by atoms with Crippen molar-refractivity contribution < 1.29 is 4.42 Å². The fourth-order valence-corrected chi connectivity index (χ4v) is 8.92. The molecule has 0 aliphatic carbocycles. The van der Waals surface area contributed by atoms with Gasteiger partial charge in [0, 0.05) is 38.3 Å². The highest BCUT2D eigenvalue weighted by Crippen LogP contribution is 2.43. The van der Waals surface area contributed by atoms with Crippen LogP contribution >= 0.6 is 0 Å². The van der Waals surface area contributed by atoms with Gasteiger partial charge in [-0.05, 0) is 106 Å². The number of hydrogen-bond donors (Lipinski definition) is 0. The van der Waals surface area contributed by atoms with Crippen molar-refractivity contribution in [3.63, 3.8) is 0 Å². The Morgan fingerprint density at radius 2 is 0.891 bits per heavy atom. The first-order valence-electron chi connectivity index (χ1n) is 18.8. The van der Waals surface area contributed by atoms with E-state index in [1.807, 2.05) is 6.07 Å². The molecule has 0 fully saturated rings. The standard InChI is InChI=1S/C52H32N2O/c1-2-10-33(11-3-1)35-18-23-39(24-19-35)53-48-28-22-38(32-45(48)51-49(53)29-26-43-42-15-7-9-17-50(42)55-52(43)51)37-21-27-47-44(31-37)41-14-6-8-16-46(41)54(47)40-25-20-34-12-4-5-13-36(34)30-40/h1-32H. The SMILES string of the molecule is c1ccc(-c2ccc(-n3c4ccc(-c5ccc6c(c5)c5ccccc5n6-c5ccc6ccccc6c5)cc4c4c5oc6ccccc6c5ccc43)cc2)cc1. The highest BCUT2D eigenvalue weighted by molar-refractivity contribution is 6.24. The highest BCUT2D eigenvalue weighted by Gasteiger charge is 2.20. The number of para-hydroxylation sites is 2. The lowest BCUT2D eigenvalue weighted by molar-refractivity contribution is 0.673. The van der Waals surface area contributed by atoms with Gasteiger partial charge in [-0.25, -0.2) is 0 Å². The molecule has 0 amide bonds. The van der Waals surface area contributed by atoms with Crippen molar-refractivity contribution in [1.82, 2.24) is 9.13 Å². The van der Waals surface area contributed by atoms with Crippen LogP contribution < -0.4 is 0 Å². The van der Waals surface area contributed by atoms with E-state index in [2.05, 4.69) is 197 Å². The average molecular weight is 701 g/mol. The number of rotatable bonds is 4. The average Bonchev–Trinajstić information content (AvgIpc) is 3.91. The summed E-state index contributed by atoms with van der Waals surface area (Å²) < 4.78 is 11.5. The maximum atomic E-state index is 6.71. The van der Waals surface area contributed by atoms with E-state index < -0.39 is 0 Å². The van der Waals surface area contributed by atoms with Gasteiger partial charge in [0.25, 0.3) is 0 Å². The van der Waals surface area contributed by atoms with Gasteiger partial charge in [0.2, 0.25) is 0 Å². The molecule has 12 aromatic rings. The second kappa shape index (κ2) is 11.6. The predicted molar refractivity (Wildman–Crippen MR) is 231 cm³/mol. The Morgan fingerprint density at radius 1 is 0.309 bits per heavy atom. The first kappa shape index (κ1) is 30.1. The van der Waals surface area contributed by atoms with Gasteiger partial charge in [-0.2, -0.15) is 0 Å². The van der Waals surface area contributed by atoms with Gasteiger partial charge in [-0.15, -0.1) is 0 Å². The van der Waals surface area contributed by atoms with Crippen LogP contribution in [0.4, 0.5) is 0 Å². The third-order valence-corrected chi connectivity index (χ3v) is 11.5. The van der Waals surface area contributed by atoms with Crippen LogP contribution in [-0.2, 0) is 0 Å². The van der Waals surface area contributed by atoms with Crippen molar-refractivity contribution in [2.75, 3.05) is 0 Å². The van der Waals surface area contributed by atoms with Gasteiger partial charge in [-0.3, -0.25) is 0 Å². The zero-order valence-electron chi connectivity index (χ0n) is 29.8. The summed E-state index contributed by atoms with van der Waals surface area (Å²) in [6.45, 7) is 0. The van der Waals surface area contributed by atoms with Crippen LogP contribution in [0.1, 0.15) is 0 Å². The summed E-state index contributed by atoms with van der Waals surface area (Å²) in [4.78, 5) is 0. The Labute approximate surface area is 316 Å². The number of benzene rings is 9. The molecule has 9 aromatic carbocycles. The zero-order valence-corrected chi connectivity index (χ0v) is 29.8. The number of fused-ring (bicyclic) bond motifs is 11. The summed E-state index contributed by atoms with van der Waals surface area (Å²) in [5.74, 6) is 0. The molecule has 0 N–H and O–H groups in total. The molecule has 0 radical (unpaired) electrons. The quantitative estimate of drug-likeness (QED) is 0.179. The van der Waals surface area contributed by atoms with Crippen molar-refractivity contribution in [3.05, 3.63) is 194 Å². The van der Waals surface area contributed by atoms with Crippen LogP contribution in [0, 0.1) is 0 Å². The summed E-state index contributed by atoms with van der Waals surface area (Å²) in [7, 11) is 0. The summed E-state index contributed by atoms with van der Waals surface area (Å²) >= 11 is 0. The maximum absolute atomic E-state index is 6.71. The molecule has 0 aliphatic heterocycles. The second-order valence-electron chi connectivity index (χ2n) is 14.5. The van der Waals surface area contributed by atoms with Crippen molar-refractivity contribution in [2.45, 2.75) is 0 Å². The van der Waals surface area contributed by atoms with E-state index in [4.69, 9.17) is 4.42 Å². The summed E-state index contributed by atoms with van der Waals surface area (Å²) in [5.41, 5.74) is 13.5. The van der Waals surface area contributed by atoms with E-state index in [0.29, 0.717) is 0 Å². The lowest BCUT2D eigenvalue weighted by Crippen LogP contribution is -1.94. The summed E-state index contributed by atoms with van der Waals surface area (Å²) in [6, 6.07) is 70.3. The van der Waals surface area contributed by atoms with E-state index in [1.54, 1.807) is 0 Å². The van der Waals surface area contributed by atoms with Gasteiger partial charge in [0.05, 0.1) is 27.5 Å². The van der Waals surface area contributed by atoms with E-state index in [-0.39, 0.29) is 0 Å². The predicted octanol–water partition coefficient (Wildman–Crippen LogP) is 14.3. The normalized spacial score (nSPS) is 12.0. The fourth-order valence-electron chi connectivity index (χ4n) is 8.92. The molecule has 3 heteroatoms. The van der Waals surface area contributed by atoms with E-state index >= 15 is 0 Å². The fraction of sp³-hybridized carbons (Fsp3) is 0. The molecule has 0 saturated carbocycles. The maximum Gasteiger partial charge on any atom is 0.145 e. The zero-order chi connectivity index (χ0) is 36.0. The molecular weight excluding hydrogens is 669 g/mol. The van der Waals surface area contributed by atoms with Crippen LogP contribution in [0.5, 0.6) is 0 Å². The molecule has 3 heterocycles. The van der Waals surface area contributed by atoms with Crippen molar-refractivity contribution in [1.29, 1.82) is 0 Å². The van der Waals surface area contributed by atoms with Crippen molar-refractivity contribution >= 4 is 76.3 Å². The number of furan rings is 1. The first-order valence-corrected chi connectivity index (χ1v) is 18.8. The summed E-state index contributed by atoms with van der Waals surface area (Å²) in [6.07, 6.45) is 0. The number of aromatic nitrogens is 2. The van der Waals surface area contributed by atoms with Crippen molar-refractivity contribution in [3.8, 4) is 33.6 Å². The Hall–Kier alpha value is -7.36. The number of hydrogen-bond acceptors (Lipinski definition) is 1. The molecule has 3 aromatic heterocycles. The smallest absolute Gasteiger partial charge is 0.145 e. The molecule has 55 heavy (non-hydrogen) atoms. The lowest BCUT2D eigenvalue weighted by Gasteiger charge is -2.11. The molecule has 0 unspecified atom stereocenters. The molecule has 0 bridgehead atoms. The van der Waals surface area contributed by atoms with Gasteiger partial charge < -0.3 is 13.6 Å². The first-order chi connectivity index (χ1) is 27.3. The topological polar surface area (TPSA) is 23.0 Å². The second-order valence-corrected chi connectivity index (χ2v) is 14.5. The molecular formula is C52H32N2O. The minimum Gasteiger partial charge on any atom is -0.455 e. The van der Waals surface area contributed by atoms with Crippen LogP contribution in [0.15, 0.2) is 199 Å².